The van der Waals surface area contributed by atoms with Gasteiger partial charge in [0.15, 0.2) is 6.04 Å². The smallest absolute Gasteiger partial charge is 0.396 e. The van der Waals surface area contributed by atoms with Crippen LogP contribution in [0.5, 0.6) is 0 Å². The third kappa shape index (κ3) is 2.41. The third-order valence-corrected chi connectivity index (χ3v) is 1.54. The van der Waals surface area contributed by atoms with E-state index in [0.29, 0.717) is 4.68 Å². The minimum Gasteiger partial charge on any atom is -0.396 e. The molecule has 0 aliphatic rings. The third-order valence-electron chi connectivity index (χ3n) is 1.54. The van der Waals surface area contributed by atoms with Gasteiger partial charge in [0, 0.05) is 13.0 Å². The average molecular weight is 195 g/mol. The molecule has 1 N–H and O–H groups in total. The molecule has 0 aliphatic carbocycles. The van der Waals surface area contributed by atoms with Gasteiger partial charge in [-0.05, 0) is 0 Å². The van der Waals surface area contributed by atoms with Gasteiger partial charge in [-0.15, -0.1) is 0 Å². The van der Waals surface area contributed by atoms with E-state index in [4.69, 9.17) is 5.11 Å². The Balaban J connectivity index is 2.81. The van der Waals surface area contributed by atoms with Crippen LogP contribution in [0.4, 0.5) is 13.2 Å². The number of rotatable bonds is 3. The number of halogens is 3. The highest BCUT2D eigenvalue weighted by Gasteiger charge is 2.41. The lowest BCUT2D eigenvalue weighted by molar-refractivity contribution is -0.173. The molecule has 7 heteroatoms. The standard InChI is InChI=1S/C6H8F3N3O/c7-6(8,9)5(1-2-13)12-4-10-3-11-12/h3-5,13H,1-2H2. The monoisotopic (exact) mass is 195 g/mol. The Morgan fingerprint density at radius 2 is 2.15 bits per heavy atom. The first-order valence-corrected chi connectivity index (χ1v) is 3.57. The molecular formula is C6H8F3N3O. The highest BCUT2D eigenvalue weighted by atomic mass is 19.4. The Hall–Kier alpha value is -1.11. The van der Waals surface area contributed by atoms with Gasteiger partial charge in [-0.2, -0.15) is 18.3 Å². The van der Waals surface area contributed by atoms with Crippen molar-refractivity contribution in [2.45, 2.75) is 18.6 Å². The van der Waals surface area contributed by atoms with Gasteiger partial charge in [-0.3, -0.25) is 0 Å². The number of aromatic nitrogens is 3. The summed E-state index contributed by atoms with van der Waals surface area (Å²) >= 11 is 0. The summed E-state index contributed by atoms with van der Waals surface area (Å²) in [6.45, 7) is -0.538. The summed E-state index contributed by atoms with van der Waals surface area (Å²) in [6.07, 6.45) is -2.81. The highest BCUT2D eigenvalue weighted by molar-refractivity contribution is 4.74. The van der Waals surface area contributed by atoms with E-state index in [2.05, 4.69) is 10.1 Å². The summed E-state index contributed by atoms with van der Waals surface area (Å²) in [5.74, 6) is 0. The molecule has 1 unspecified atom stereocenters. The van der Waals surface area contributed by atoms with Gasteiger partial charge in [-0.25, -0.2) is 9.67 Å². The van der Waals surface area contributed by atoms with Gasteiger partial charge in [0.05, 0.1) is 0 Å². The molecule has 0 spiro atoms. The summed E-state index contributed by atoms with van der Waals surface area (Å²) in [5, 5.41) is 11.8. The van der Waals surface area contributed by atoms with Crippen LogP contribution in [0.25, 0.3) is 0 Å². The van der Waals surface area contributed by atoms with Crippen molar-refractivity contribution in [3.63, 3.8) is 0 Å². The van der Waals surface area contributed by atoms with Crippen molar-refractivity contribution in [1.29, 1.82) is 0 Å². The number of aliphatic hydroxyl groups is 1. The zero-order valence-corrected chi connectivity index (χ0v) is 6.57. The molecule has 0 aliphatic heterocycles. The fourth-order valence-electron chi connectivity index (χ4n) is 0.947. The Kier molecular flexibility index (Phi) is 2.86. The topological polar surface area (TPSA) is 50.9 Å². The van der Waals surface area contributed by atoms with Crippen molar-refractivity contribution in [2.75, 3.05) is 6.61 Å². The van der Waals surface area contributed by atoms with Crippen molar-refractivity contribution in [3.05, 3.63) is 12.7 Å². The number of aliphatic hydroxyl groups excluding tert-OH is 1. The Bertz CT molecular complexity index is 246. The zero-order chi connectivity index (χ0) is 9.90. The molecule has 0 fully saturated rings. The maximum absolute atomic E-state index is 12.3. The average Bonchev–Trinajstić information content (AvgIpc) is 2.49. The van der Waals surface area contributed by atoms with Crippen LogP contribution in [0.1, 0.15) is 12.5 Å². The van der Waals surface area contributed by atoms with Crippen LogP contribution in [-0.4, -0.2) is 32.7 Å². The van der Waals surface area contributed by atoms with Gasteiger partial charge in [0.1, 0.15) is 12.7 Å². The van der Waals surface area contributed by atoms with E-state index in [-0.39, 0.29) is 0 Å². The first-order chi connectivity index (χ1) is 6.05. The van der Waals surface area contributed by atoms with Crippen LogP contribution in [-0.2, 0) is 0 Å². The second-order valence-corrected chi connectivity index (χ2v) is 2.45. The molecule has 1 aromatic rings. The molecule has 0 saturated carbocycles. The van der Waals surface area contributed by atoms with E-state index < -0.39 is 25.2 Å². The molecule has 1 rings (SSSR count). The summed E-state index contributed by atoms with van der Waals surface area (Å²) in [5.41, 5.74) is 0. The maximum Gasteiger partial charge on any atom is 0.410 e. The van der Waals surface area contributed by atoms with E-state index in [9.17, 15) is 13.2 Å². The van der Waals surface area contributed by atoms with Crippen LogP contribution in [0, 0.1) is 0 Å². The Labute approximate surface area is 72.0 Å². The molecule has 4 nitrogen and oxygen atoms in total. The van der Waals surface area contributed by atoms with E-state index in [1.165, 1.54) is 0 Å². The quantitative estimate of drug-likeness (QED) is 0.774. The molecule has 0 aromatic carbocycles. The van der Waals surface area contributed by atoms with Gasteiger partial charge >= 0.3 is 6.18 Å². The molecule has 1 heterocycles. The molecule has 0 amide bonds. The molecular weight excluding hydrogens is 187 g/mol. The van der Waals surface area contributed by atoms with Crippen molar-refractivity contribution in [3.8, 4) is 0 Å². The second kappa shape index (κ2) is 3.73. The predicted molar refractivity (Wildman–Crippen MR) is 36.8 cm³/mol. The van der Waals surface area contributed by atoms with Crippen molar-refractivity contribution < 1.29 is 18.3 Å². The number of hydrogen-bond acceptors (Lipinski definition) is 3. The molecule has 1 aromatic heterocycles. The Morgan fingerprint density at radius 3 is 2.54 bits per heavy atom. The number of nitrogens with zero attached hydrogens (tertiary/aromatic N) is 3. The SMILES string of the molecule is OCCC(n1cncn1)C(F)(F)F. The fourth-order valence-corrected chi connectivity index (χ4v) is 0.947. The first-order valence-electron chi connectivity index (χ1n) is 3.57. The van der Waals surface area contributed by atoms with Crippen molar-refractivity contribution in [2.24, 2.45) is 0 Å². The minimum absolute atomic E-state index is 0.410. The van der Waals surface area contributed by atoms with Crippen LogP contribution >= 0.6 is 0 Å². The molecule has 1 atom stereocenters. The molecule has 0 saturated heterocycles. The summed E-state index contributed by atoms with van der Waals surface area (Å²) in [7, 11) is 0. The lowest BCUT2D eigenvalue weighted by Crippen LogP contribution is -2.27. The van der Waals surface area contributed by atoms with E-state index >= 15 is 0 Å². The van der Waals surface area contributed by atoms with Gasteiger partial charge in [0.25, 0.3) is 0 Å². The number of alkyl halides is 3. The van der Waals surface area contributed by atoms with Crippen LogP contribution in [0.15, 0.2) is 12.7 Å². The molecule has 0 radical (unpaired) electrons. The lowest BCUT2D eigenvalue weighted by Gasteiger charge is -2.18. The van der Waals surface area contributed by atoms with Gasteiger partial charge < -0.3 is 5.11 Å². The molecule has 13 heavy (non-hydrogen) atoms. The minimum atomic E-state index is -4.41. The summed E-state index contributed by atoms with van der Waals surface area (Å²) < 4.78 is 37.5. The first kappa shape index (κ1) is 9.97. The summed E-state index contributed by atoms with van der Waals surface area (Å²) in [6, 6.07) is -1.79. The number of hydrogen-bond donors (Lipinski definition) is 1. The predicted octanol–water partition coefficient (Wildman–Crippen LogP) is 0.764. The van der Waals surface area contributed by atoms with Crippen molar-refractivity contribution in [1.82, 2.24) is 14.8 Å². The van der Waals surface area contributed by atoms with Crippen LogP contribution in [0.3, 0.4) is 0 Å². The van der Waals surface area contributed by atoms with Gasteiger partial charge in [-0.1, -0.05) is 0 Å². The molecule has 0 bridgehead atoms. The fraction of sp³-hybridized carbons (Fsp3) is 0.667. The second-order valence-electron chi connectivity index (χ2n) is 2.45. The summed E-state index contributed by atoms with van der Waals surface area (Å²) in [4.78, 5) is 3.41. The van der Waals surface area contributed by atoms with E-state index in [1.54, 1.807) is 0 Å². The zero-order valence-electron chi connectivity index (χ0n) is 6.57. The van der Waals surface area contributed by atoms with E-state index in [1.807, 2.05) is 0 Å². The Morgan fingerprint density at radius 1 is 1.46 bits per heavy atom. The van der Waals surface area contributed by atoms with Crippen molar-refractivity contribution >= 4 is 0 Å². The van der Waals surface area contributed by atoms with Crippen LogP contribution < -0.4 is 0 Å². The van der Waals surface area contributed by atoms with Crippen LogP contribution in [0.2, 0.25) is 0 Å². The van der Waals surface area contributed by atoms with E-state index in [0.717, 1.165) is 12.7 Å². The lowest BCUT2D eigenvalue weighted by atomic mass is 10.2. The normalized spacial score (nSPS) is 14.5. The molecule has 74 valence electrons. The van der Waals surface area contributed by atoms with Gasteiger partial charge in [0.2, 0.25) is 0 Å². The maximum atomic E-state index is 12.3. The largest absolute Gasteiger partial charge is 0.410 e. The highest BCUT2D eigenvalue weighted by Crippen LogP contribution is 2.31.